The molecule has 0 spiro atoms. The second kappa shape index (κ2) is 7.41. The van der Waals surface area contributed by atoms with Gasteiger partial charge in [0.25, 0.3) is 0 Å². The van der Waals surface area contributed by atoms with Gasteiger partial charge in [-0.3, -0.25) is 0 Å². The summed E-state index contributed by atoms with van der Waals surface area (Å²) in [6.45, 7) is 3.48. The van der Waals surface area contributed by atoms with Gasteiger partial charge in [0.05, 0.1) is 6.61 Å². The van der Waals surface area contributed by atoms with E-state index >= 15 is 0 Å². The summed E-state index contributed by atoms with van der Waals surface area (Å²) >= 11 is 1.28. The van der Waals surface area contributed by atoms with E-state index in [2.05, 4.69) is 6.92 Å². The molecular formula is C12H18O3S. The Balaban J connectivity index is 2.14. The minimum atomic E-state index is -0.862. The molecule has 0 aromatic carbocycles. The third kappa shape index (κ3) is 4.77. The monoisotopic (exact) mass is 242 g/mol. The number of carbonyl (C=O) groups is 1. The molecule has 0 aliphatic rings. The Morgan fingerprint density at radius 3 is 2.81 bits per heavy atom. The van der Waals surface area contributed by atoms with Crippen LogP contribution in [0.5, 0.6) is 0 Å². The number of carboxylic acid groups (broad SMARTS) is 1. The van der Waals surface area contributed by atoms with Crippen LogP contribution in [0.4, 0.5) is 0 Å². The molecule has 3 nitrogen and oxygen atoms in total. The molecule has 1 N–H and O–H groups in total. The van der Waals surface area contributed by atoms with E-state index < -0.39 is 5.97 Å². The zero-order chi connectivity index (χ0) is 11.8. The zero-order valence-electron chi connectivity index (χ0n) is 9.57. The highest BCUT2D eigenvalue weighted by Crippen LogP contribution is 2.17. The first-order valence-corrected chi connectivity index (χ1v) is 6.45. The average Bonchev–Trinajstić information content (AvgIpc) is 2.72. The molecule has 0 fully saturated rings. The summed E-state index contributed by atoms with van der Waals surface area (Å²) in [6.07, 6.45) is 4.78. The van der Waals surface area contributed by atoms with Crippen molar-refractivity contribution in [2.24, 2.45) is 0 Å². The number of aromatic carboxylic acids is 1. The van der Waals surface area contributed by atoms with E-state index in [4.69, 9.17) is 9.84 Å². The van der Waals surface area contributed by atoms with E-state index in [1.807, 2.05) is 6.07 Å². The van der Waals surface area contributed by atoms with Crippen molar-refractivity contribution in [1.29, 1.82) is 0 Å². The molecule has 0 saturated heterocycles. The lowest BCUT2D eigenvalue weighted by atomic mass is 10.2. The van der Waals surface area contributed by atoms with Crippen molar-refractivity contribution in [1.82, 2.24) is 0 Å². The highest BCUT2D eigenvalue weighted by Gasteiger charge is 2.06. The normalized spacial score (nSPS) is 10.6. The summed E-state index contributed by atoms with van der Waals surface area (Å²) in [5, 5.41) is 8.74. The van der Waals surface area contributed by atoms with Crippen molar-refractivity contribution >= 4 is 17.3 Å². The molecule has 0 amide bonds. The van der Waals surface area contributed by atoms with Gasteiger partial charge in [-0.15, -0.1) is 11.3 Å². The molecule has 90 valence electrons. The Hall–Kier alpha value is -0.870. The van der Waals surface area contributed by atoms with E-state index in [1.165, 1.54) is 30.6 Å². The molecule has 1 heterocycles. The van der Waals surface area contributed by atoms with E-state index in [1.54, 1.807) is 6.07 Å². The molecule has 0 saturated carbocycles. The summed E-state index contributed by atoms with van der Waals surface area (Å²) in [5.74, 6) is -0.862. The van der Waals surface area contributed by atoms with Gasteiger partial charge in [-0.05, 0) is 18.6 Å². The van der Waals surface area contributed by atoms with Crippen LogP contribution < -0.4 is 0 Å². The van der Waals surface area contributed by atoms with E-state index in [9.17, 15) is 4.79 Å². The molecule has 4 heteroatoms. The van der Waals surface area contributed by atoms with Crippen LogP contribution in [0.1, 0.15) is 47.2 Å². The van der Waals surface area contributed by atoms with Crippen molar-refractivity contribution in [3.8, 4) is 0 Å². The summed E-state index contributed by atoms with van der Waals surface area (Å²) in [4.78, 5) is 12.0. The van der Waals surface area contributed by atoms with E-state index in [0.29, 0.717) is 11.5 Å². The lowest BCUT2D eigenvalue weighted by Gasteiger charge is -2.01. The third-order valence-corrected chi connectivity index (χ3v) is 3.31. The average molecular weight is 242 g/mol. The highest BCUT2D eigenvalue weighted by molar-refractivity contribution is 7.13. The maximum absolute atomic E-state index is 10.6. The fourth-order valence-corrected chi connectivity index (χ4v) is 2.16. The van der Waals surface area contributed by atoms with Gasteiger partial charge in [-0.25, -0.2) is 4.79 Å². The van der Waals surface area contributed by atoms with Gasteiger partial charge in [-0.2, -0.15) is 0 Å². The molecule has 0 bridgehead atoms. The van der Waals surface area contributed by atoms with Gasteiger partial charge >= 0.3 is 5.97 Å². The molecule has 0 radical (unpaired) electrons. The van der Waals surface area contributed by atoms with Crippen LogP contribution in [0.25, 0.3) is 0 Å². The summed E-state index contributed by atoms with van der Waals surface area (Å²) in [5.41, 5.74) is 0. The Morgan fingerprint density at radius 2 is 2.19 bits per heavy atom. The molecule has 0 atom stereocenters. The molecule has 0 aliphatic heterocycles. The number of hydrogen-bond donors (Lipinski definition) is 1. The largest absolute Gasteiger partial charge is 0.477 e. The first kappa shape index (κ1) is 13.2. The van der Waals surface area contributed by atoms with Crippen molar-refractivity contribution in [2.75, 3.05) is 6.61 Å². The van der Waals surface area contributed by atoms with E-state index in [0.717, 1.165) is 17.9 Å². The first-order chi connectivity index (χ1) is 7.74. The quantitative estimate of drug-likeness (QED) is 0.709. The fraction of sp³-hybridized carbons (Fsp3) is 0.583. The Bertz CT molecular complexity index is 320. The number of carboxylic acids is 1. The highest BCUT2D eigenvalue weighted by atomic mass is 32.1. The topological polar surface area (TPSA) is 46.5 Å². The SMILES string of the molecule is CCCCCCOCc1ccc(C(=O)O)s1. The fourth-order valence-electron chi connectivity index (χ4n) is 1.37. The second-order valence-corrected chi connectivity index (χ2v) is 4.85. The molecule has 0 aliphatic carbocycles. The Kier molecular flexibility index (Phi) is 6.11. The third-order valence-electron chi connectivity index (χ3n) is 2.26. The van der Waals surface area contributed by atoms with Crippen LogP contribution in [-0.4, -0.2) is 17.7 Å². The van der Waals surface area contributed by atoms with Crippen LogP contribution in [0.3, 0.4) is 0 Å². The van der Waals surface area contributed by atoms with Crippen LogP contribution in [0, 0.1) is 0 Å². The smallest absolute Gasteiger partial charge is 0.345 e. The minimum Gasteiger partial charge on any atom is -0.477 e. The molecule has 16 heavy (non-hydrogen) atoms. The number of unbranched alkanes of at least 4 members (excludes halogenated alkanes) is 3. The van der Waals surface area contributed by atoms with Gasteiger partial charge in [0, 0.05) is 11.5 Å². The predicted molar refractivity (Wildman–Crippen MR) is 65.1 cm³/mol. The first-order valence-electron chi connectivity index (χ1n) is 5.63. The lowest BCUT2D eigenvalue weighted by molar-refractivity contribution is 0.0702. The van der Waals surface area contributed by atoms with Gasteiger partial charge in [0.2, 0.25) is 0 Å². The van der Waals surface area contributed by atoms with Gasteiger partial charge < -0.3 is 9.84 Å². The number of ether oxygens (including phenoxy) is 1. The van der Waals surface area contributed by atoms with Crippen LogP contribution in [0.15, 0.2) is 12.1 Å². The Labute approximate surface area is 100 Å². The lowest BCUT2D eigenvalue weighted by Crippen LogP contribution is -1.94. The Morgan fingerprint density at radius 1 is 1.38 bits per heavy atom. The van der Waals surface area contributed by atoms with Crippen molar-refractivity contribution < 1.29 is 14.6 Å². The molecule has 0 unspecified atom stereocenters. The second-order valence-electron chi connectivity index (χ2n) is 3.68. The maximum Gasteiger partial charge on any atom is 0.345 e. The standard InChI is InChI=1S/C12H18O3S/c1-2-3-4-5-8-15-9-10-6-7-11(16-10)12(13)14/h6-7H,2-5,8-9H2,1H3,(H,13,14). The van der Waals surface area contributed by atoms with Crippen LogP contribution >= 0.6 is 11.3 Å². The van der Waals surface area contributed by atoms with Gasteiger partial charge in [0.15, 0.2) is 0 Å². The molecular weight excluding hydrogens is 224 g/mol. The number of hydrogen-bond acceptors (Lipinski definition) is 3. The number of thiophene rings is 1. The zero-order valence-corrected chi connectivity index (χ0v) is 10.4. The van der Waals surface area contributed by atoms with Crippen molar-refractivity contribution in [3.05, 3.63) is 21.9 Å². The molecule has 1 aromatic heterocycles. The van der Waals surface area contributed by atoms with Gasteiger partial charge in [0.1, 0.15) is 4.88 Å². The van der Waals surface area contributed by atoms with Crippen molar-refractivity contribution in [2.45, 2.75) is 39.2 Å². The number of rotatable bonds is 8. The summed E-state index contributed by atoms with van der Waals surface area (Å²) < 4.78 is 5.48. The summed E-state index contributed by atoms with van der Waals surface area (Å²) in [6, 6.07) is 3.45. The van der Waals surface area contributed by atoms with Crippen LogP contribution in [-0.2, 0) is 11.3 Å². The predicted octanol–water partition coefficient (Wildman–Crippen LogP) is 3.54. The van der Waals surface area contributed by atoms with Crippen LogP contribution in [0.2, 0.25) is 0 Å². The van der Waals surface area contributed by atoms with E-state index in [-0.39, 0.29) is 0 Å². The minimum absolute atomic E-state index is 0.379. The van der Waals surface area contributed by atoms with Gasteiger partial charge in [-0.1, -0.05) is 26.2 Å². The maximum atomic E-state index is 10.6. The van der Waals surface area contributed by atoms with Crippen molar-refractivity contribution in [3.63, 3.8) is 0 Å². The molecule has 1 rings (SSSR count). The molecule has 1 aromatic rings. The summed E-state index contributed by atoms with van der Waals surface area (Å²) in [7, 11) is 0.